The second kappa shape index (κ2) is 4.03. The maximum atomic E-state index is 12.8. The number of carbonyl (C=O) groups excluding carboxylic acids is 1. The van der Waals surface area contributed by atoms with E-state index in [-0.39, 0.29) is 17.5 Å². The lowest BCUT2D eigenvalue weighted by atomic mass is 10.1. The van der Waals surface area contributed by atoms with Crippen LogP contribution in [0.5, 0.6) is 5.75 Å². The molecule has 0 amide bonds. The zero-order chi connectivity index (χ0) is 10.8. The predicted octanol–water partition coefficient (Wildman–Crippen LogP) is 2.41. The second-order valence-corrected chi connectivity index (χ2v) is 3.45. The molecule has 1 aliphatic rings. The zero-order valence-corrected chi connectivity index (χ0v) is 8.50. The number of carbonyl (C=O) groups is 1. The van der Waals surface area contributed by atoms with E-state index in [0.29, 0.717) is 11.3 Å². The van der Waals surface area contributed by atoms with Crippen molar-refractivity contribution in [3.8, 4) is 5.75 Å². The summed E-state index contributed by atoms with van der Waals surface area (Å²) in [6.07, 6.45) is 2.59. The third kappa shape index (κ3) is 2.02. The highest BCUT2D eigenvalue weighted by Crippen LogP contribution is 2.26. The molecule has 1 aromatic rings. The minimum Gasteiger partial charge on any atom is -0.478 e. The molecule has 15 heavy (non-hydrogen) atoms. The van der Waals surface area contributed by atoms with Crippen molar-refractivity contribution in [2.45, 2.75) is 6.10 Å². The summed E-state index contributed by atoms with van der Waals surface area (Å²) in [5.74, 6) is -0.125. The fraction of sp³-hybridized carbons (Fsp3) is 0.182. The Morgan fingerprint density at radius 1 is 1.53 bits per heavy atom. The fourth-order valence-corrected chi connectivity index (χ4v) is 1.53. The van der Waals surface area contributed by atoms with Gasteiger partial charge in [0.1, 0.15) is 11.6 Å². The number of benzene rings is 1. The lowest BCUT2D eigenvalue weighted by Gasteiger charge is -2.19. The molecule has 2 nitrogen and oxygen atoms in total. The van der Waals surface area contributed by atoms with Crippen LogP contribution in [0.25, 0.3) is 6.08 Å². The van der Waals surface area contributed by atoms with Crippen LogP contribution in [0.3, 0.4) is 0 Å². The summed E-state index contributed by atoms with van der Waals surface area (Å²) in [4.78, 5) is 11.3. The number of fused-ring (bicyclic) bond motifs is 1. The molecule has 0 bridgehead atoms. The minimum absolute atomic E-state index is 0.0917. The van der Waals surface area contributed by atoms with Crippen LogP contribution in [0.2, 0.25) is 0 Å². The number of Topliss-reactive ketones (excluding diaryl/α,β-unsaturated/α-hetero) is 1. The van der Waals surface area contributed by atoms with Gasteiger partial charge in [0.25, 0.3) is 0 Å². The average molecular weight is 227 g/mol. The van der Waals surface area contributed by atoms with Crippen molar-refractivity contribution in [1.29, 1.82) is 0 Å². The molecule has 1 atom stereocenters. The Morgan fingerprint density at radius 3 is 3.07 bits per heavy atom. The number of rotatable bonds is 2. The zero-order valence-electron chi connectivity index (χ0n) is 7.74. The Balaban J connectivity index is 2.28. The molecule has 0 spiro atoms. The van der Waals surface area contributed by atoms with Gasteiger partial charge in [0.15, 0.2) is 11.9 Å². The molecule has 0 saturated heterocycles. The monoisotopic (exact) mass is 226 g/mol. The van der Waals surface area contributed by atoms with Crippen LogP contribution >= 0.6 is 11.6 Å². The van der Waals surface area contributed by atoms with Crippen molar-refractivity contribution in [1.82, 2.24) is 0 Å². The molecule has 0 saturated carbocycles. The number of ether oxygens (including phenoxy) is 1. The Hall–Kier alpha value is -1.35. The van der Waals surface area contributed by atoms with Crippen molar-refractivity contribution in [2.75, 3.05) is 5.88 Å². The summed E-state index contributed by atoms with van der Waals surface area (Å²) in [6, 6.07) is 4.15. The molecular weight excluding hydrogens is 219 g/mol. The maximum Gasteiger partial charge on any atom is 0.191 e. The smallest absolute Gasteiger partial charge is 0.191 e. The van der Waals surface area contributed by atoms with Gasteiger partial charge in [0.05, 0.1) is 5.88 Å². The number of halogens is 2. The van der Waals surface area contributed by atoms with E-state index in [2.05, 4.69) is 0 Å². The standard InChI is InChI=1S/C11H8ClFO2/c12-6-9(14)11-3-1-7-5-8(13)2-4-10(7)15-11/h1-5,11H,6H2. The molecule has 0 radical (unpaired) electrons. The molecule has 0 N–H and O–H groups in total. The van der Waals surface area contributed by atoms with E-state index in [1.807, 2.05) is 0 Å². The van der Waals surface area contributed by atoms with Crippen molar-refractivity contribution < 1.29 is 13.9 Å². The van der Waals surface area contributed by atoms with Gasteiger partial charge < -0.3 is 4.74 Å². The van der Waals surface area contributed by atoms with Gasteiger partial charge in [0, 0.05) is 5.56 Å². The first-order valence-electron chi connectivity index (χ1n) is 4.44. The summed E-state index contributed by atoms with van der Waals surface area (Å²) in [6.45, 7) is 0. The minimum atomic E-state index is -0.652. The Kier molecular flexibility index (Phi) is 2.73. The summed E-state index contributed by atoms with van der Waals surface area (Å²) >= 11 is 5.41. The van der Waals surface area contributed by atoms with E-state index < -0.39 is 6.10 Å². The van der Waals surface area contributed by atoms with Gasteiger partial charge in [-0.3, -0.25) is 4.79 Å². The third-order valence-corrected chi connectivity index (χ3v) is 2.39. The van der Waals surface area contributed by atoms with Gasteiger partial charge in [-0.25, -0.2) is 4.39 Å². The van der Waals surface area contributed by atoms with Gasteiger partial charge in [-0.05, 0) is 24.3 Å². The van der Waals surface area contributed by atoms with Crippen LogP contribution in [-0.2, 0) is 4.79 Å². The number of hydrogen-bond donors (Lipinski definition) is 0. The Bertz CT molecular complexity index is 429. The summed E-state index contributed by atoms with van der Waals surface area (Å²) in [5.41, 5.74) is 0.633. The summed E-state index contributed by atoms with van der Waals surface area (Å²) in [5, 5.41) is 0. The van der Waals surface area contributed by atoms with Crippen molar-refractivity contribution in [3.63, 3.8) is 0 Å². The van der Waals surface area contributed by atoms with E-state index in [4.69, 9.17) is 16.3 Å². The molecular formula is C11H8ClFO2. The van der Waals surface area contributed by atoms with Crippen LogP contribution in [0, 0.1) is 5.82 Å². The second-order valence-electron chi connectivity index (χ2n) is 3.18. The lowest BCUT2D eigenvalue weighted by molar-refractivity contribution is -0.121. The predicted molar refractivity (Wildman–Crippen MR) is 55.6 cm³/mol. The molecule has 1 unspecified atom stereocenters. The molecule has 0 aromatic heterocycles. The number of alkyl halides is 1. The van der Waals surface area contributed by atoms with Crippen LogP contribution in [0.1, 0.15) is 5.56 Å². The quantitative estimate of drug-likeness (QED) is 0.724. The maximum absolute atomic E-state index is 12.8. The summed E-state index contributed by atoms with van der Waals surface area (Å²) in [7, 11) is 0. The SMILES string of the molecule is O=C(CCl)C1C=Cc2cc(F)ccc2O1. The van der Waals surface area contributed by atoms with Gasteiger partial charge in [-0.2, -0.15) is 0 Å². The normalized spacial score (nSPS) is 18.1. The fourth-order valence-electron chi connectivity index (χ4n) is 1.37. The van der Waals surface area contributed by atoms with Crippen LogP contribution < -0.4 is 4.74 Å². The highest BCUT2D eigenvalue weighted by atomic mass is 35.5. The molecule has 0 aliphatic carbocycles. The van der Waals surface area contributed by atoms with Crippen LogP contribution in [0.15, 0.2) is 24.3 Å². The van der Waals surface area contributed by atoms with E-state index in [1.165, 1.54) is 18.2 Å². The van der Waals surface area contributed by atoms with Crippen LogP contribution in [-0.4, -0.2) is 17.8 Å². The first-order chi connectivity index (χ1) is 7.20. The Morgan fingerprint density at radius 2 is 2.33 bits per heavy atom. The lowest BCUT2D eigenvalue weighted by Crippen LogP contribution is -2.28. The largest absolute Gasteiger partial charge is 0.478 e. The summed E-state index contributed by atoms with van der Waals surface area (Å²) < 4.78 is 18.2. The van der Waals surface area contributed by atoms with Crippen LogP contribution in [0.4, 0.5) is 4.39 Å². The van der Waals surface area contributed by atoms with E-state index in [9.17, 15) is 9.18 Å². The molecule has 0 fully saturated rings. The number of hydrogen-bond acceptors (Lipinski definition) is 2. The number of ketones is 1. The molecule has 2 rings (SSSR count). The first kappa shape index (κ1) is 10.2. The van der Waals surface area contributed by atoms with Crippen molar-refractivity contribution in [3.05, 3.63) is 35.7 Å². The van der Waals surface area contributed by atoms with Gasteiger partial charge >= 0.3 is 0 Å². The van der Waals surface area contributed by atoms with Gasteiger partial charge in [0.2, 0.25) is 0 Å². The first-order valence-corrected chi connectivity index (χ1v) is 4.97. The van der Waals surface area contributed by atoms with E-state index in [0.717, 1.165) is 0 Å². The molecule has 1 heterocycles. The Labute approximate surface area is 91.3 Å². The highest BCUT2D eigenvalue weighted by Gasteiger charge is 2.20. The average Bonchev–Trinajstić information content (AvgIpc) is 2.27. The van der Waals surface area contributed by atoms with E-state index in [1.54, 1.807) is 12.2 Å². The molecule has 1 aliphatic heterocycles. The molecule has 4 heteroatoms. The molecule has 1 aromatic carbocycles. The van der Waals surface area contributed by atoms with Crippen molar-refractivity contribution in [2.24, 2.45) is 0 Å². The van der Waals surface area contributed by atoms with E-state index >= 15 is 0 Å². The topological polar surface area (TPSA) is 26.3 Å². The third-order valence-electron chi connectivity index (χ3n) is 2.13. The molecule has 78 valence electrons. The highest BCUT2D eigenvalue weighted by molar-refractivity contribution is 6.28. The van der Waals surface area contributed by atoms with Gasteiger partial charge in [-0.15, -0.1) is 11.6 Å². The van der Waals surface area contributed by atoms with Gasteiger partial charge in [-0.1, -0.05) is 6.08 Å². The van der Waals surface area contributed by atoms with Crippen molar-refractivity contribution >= 4 is 23.5 Å².